The lowest BCUT2D eigenvalue weighted by molar-refractivity contribution is -0.182. The van der Waals surface area contributed by atoms with Gasteiger partial charge in [0, 0.05) is 24.8 Å². The molecule has 2 amide bonds. The number of phenolic OH excluding ortho intramolecular Hbond substituents is 1. The molecule has 5 N–H and O–H groups in total. The number of hydrogen-bond donors (Lipinski definition) is 4. The number of nitrogens with one attached hydrogen (secondary N) is 1. The van der Waals surface area contributed by atoms with Crippen LogP contribution in [0.1, 0.15) is 62.0 Å². The zero-order valence-corrected chi connectivity index (χ0v) is 25.3. The topological polar surface area (TPSA) is 181 Å². The van der Waals surface area contributed by atoms with Gasteiger partial charge in [-0.2, -0.15) is 0 Å². The minimum absolute atomic E-state index is 0.0218. The van der Waals surface area contributed by atoms with E-state index in [9.17, 15) is 39.0 Å². The number of primary amides is 1. The van der Waals surface area contributed by atoms with Crippen molar-refractivity contribution < 1.29 is 39.0 Å². The van der Waals surface area contributed by atoms with Crippen molar-refractivity contribution in [2.45, 2.75) is 59.1 Å². The van der Waals surface area contributed by atoms with Crippen molar-refractivity contribution in [2.75, 3.05) is 0 Å². The fourth-order valence-corrected chi connectivity index (χ4v) is 7.57. The number of aliphatic hydroxyl groups is 1. The lowest BCUT2D eigenvalue weighted by Gasteiger charge is -2.52. The zero-order valence-electron chi connectivity index (χ0n) is 25.3. The van der Waals surface area contributed by atoms with Crippen LogP contribution in [0.2, 0.25) is 0 Å². The number of Topliss-reactive ketones (excluding diaryl/α,β-unsaturated/α-hetero) is 4. The number of rotatable bonds is 7. The second kappa shape index (κ2) is 11.4. The van der Waals surface area contributed by atoms with E-state index in [0.717, 1.165) is 11.1 Å². The molecule has 2 saturated carbocycles. The Balaban J connectivity index is 1.51. The zero-order chi connectivity index (χ0) is 32.2. The molecule has 0 heterocycles. The van der Waals surface area contributed by atoms with Gasteiger partial charge in [-0.25, -0.2) is 0 Å². The molecule has 10 heteroatoms. The van der Waals surface area contributed by atoms with Gasteiger partial charge in [0.15, 0.2) is 34.7 Å². The molecule has 10 nitrogen and oxygen atoms in total. The maximum atomic E-state index is 14.0. The molecule has 2 aromatic rings. The van der Waals surface area contributed by atoms with Gasteiger partial charge in [-0.05, 0) is 58.9 Å². The first-order valence-electron chi connectivity index (χ1n) is 15.1. The predicted octanol–water partition coefficient (Wildman–Crippen LogP) is 2.54. The van der Waals surface area contributed by atoms with Gasteiger partial charge >= 0.3 is 0 Å². The molecule has 3 aliphatic carbocycles. The molecule has 5 rings (SSSR count). The Morgan fingerprint density at radius 1 is 1.00 bits per heavy atom. The van der Waals surface area contributed by atoms with Crippen molar-refractivity contribution in [2.24, 2.45) is 47.2 Å². The first-order valence-corrected chi connectivity index (χ1v) is 15.1. The highest BCUT2D eigenvalue weighted by Gasteiger charge is 2.69. The van der Waals surface area contributed by atoms with E-state index < -0.39 is 70.1 Å². The molecule has 0 bridgehead atoms. The molecule has 0 aromatic heterocycles. The molecule has 0 radical (unpaired) electrons. The summed E-state index contributed by atoms with van der Waals surface area (Å²) in [6.07, 6.45) is 0.641. The van der Waals surface area contributed by atoms with Gasteiger partial charge in [-0.1, -0.05) is 58.0 Å². The summed E-state index contributed by atoms with van der Waals surface area (Å²) in [5, 5.41) is 25.4. The number of fused-ring (bicyclic) bond motifs is 3. The van der Waals surface area contributed by atoms with E-state index in [0.29, 0.717) is 24.1 Å². The van der Waals surface area contributed by atoms with Crippen LogP contribution in [0.25, 0.3) is 11.1 Å². The molecule has 2 aromatic carbocycles. The third-order valence-electron chi connectivity index (χ3n) is 9.54. The molecular weight excluding hydrogens is 564 g/mol. The van der Waals surface area contributed by atoms with Gasteiger partial charge in [0.2, 0.25) is 11.8 Å². The SMILES string of the molecule is CC(C)CC(=O)NCc1ccc(-c2ccc(O)c3c2C[C@H]2C[C@H]4[C@H](C(C)C)C(=O)C(C(N)=O)C(=O)[C@@]4(O)C(=O)C2C3=O)cc1. The Hall–Kier alpha value is -4.18. The maximum Gasteiger partial charge on any atom is 0.235 e. The third kappa shape index (κ3) is 4.95. The highest BCUT2D eigenvalue weighted by molar-refractivity contribution is 6.32. The van der Waals surface area contributed by atoms with Crippen LogP contribution < -0.4 is 11.1 Å². The van der Waals surface area contributed by atoms with E-state index in [1.165, 1.54) is 6.07 Å². The van der Waals surface area contributed by atoms with Crippen molar-refractivity contribution in [3.8, 4) is 16.9 Å². The van der Waals surface area contributed by atoms with Gasteiger partial charge in [0.05, 0.1) is 11.5 Å². The predicted molar refractivity (Wildman–Crippen MR) is 159 cm³/mol. The summed E-state index contributed by atoms with van der Waals surface area (Å²) in [4.78, 5) is 78.9. The Morgan fingerprint density at radius 2 is 1.66 bits per heavy atom. The number of carbonyl (C=O) groups excluding carboxylic acids is 6. The first-order chi connectivity index (χ1) is 20.7. The van der Waals surface area contributed by atoms with Crippen LogP contribution in [0.3, 0.4) is 0 Å². The normalized spacial score (nSPS) is 28.0. The average molecular weight is 603 g/mol. The summed E-state index contributed by atoms with van der Waals surface area (Å²) in [5.74, 6) is -11.6. The fraction of sp³-hybridized carbons (Fsp3) is 0.471. The molecular formula is C34H38N2O8. The van der Waals surface area contributed by atoms with E-state index in [4.69, 9.17) is 5.73 Å². The molecule has 3 aliphatic rings. The van der Waals surface area contributed by atoms with Gasteiger partial charge < -0.3 is 21.3 Å². The van der Waals surface area contributed by atoms with Gasteiger partial charge in [0.1, 0.15) is 5.75 Å². The maximum absolute atomic E-state index is 14.0. The second-order valence-corrected chi connectivity index (χ2v) is 13.2. The molecule has 232 valence electrons. The van der Waals surface area contributed by atoms with E-state index >= 15 is 0 Å². The first kappa shape index (κ1) is 31.3. The van der Waals surface area contributed by atoms with Gasteiger partial charge in [-0.15, -0.1) is 0 Å². The van der Waals surface area contributed by atoms with E-state index in [2.05, 4.69) is 5.32 Å². The quantitative estimate of drug-likeness (QED) is 0.349. The Labute approximate surface area is 255 Å². The number of nitrogens with two attached hydrogens (primary N) is 1. The van der Waals surface area contributed by atoms with Crippen LogP contribution in [0.15, 0.2) is 36.4 Å². The fourth-order valence-electron chi connectivity index (χ4n) is 7.57. The summed E-state index contributed by atoms with van der Waals surface area (Å²) < 4.78 is 0. The largest absolute Gasteiger partial charge is 0.507 e. The standard InChI is InChI=1S/C34H38N2O8/c1-15(2)11-24(38)36-14-17-5-7-18(8-6-17)20-9-10-23(37)27-21(20)12-19-13-22-25(16(3)4)29(39)28(33(35)43)32(42)34(22,44)31(41)26(19)30(27)40/h5-10,15-16,19,22,25-26,28,37,44H,11-14H2,1-4H3,(H2,35,43)(H,36,38)/t19-,22-,25-,26?,28?,34-/m0/s1. The van der Waals surface area contributed by atoms with E-state index in [1.54, 1.807) is 19.9 Å². The third-order valence-corrected chi connectivity index (χ3v) is 9.54. The summed E-state index contributed by atoms with van der Waals surface area (Å²) in [6, 6.07) is 10.5. The Morgan fingerprint density at radius 3 is 2.25 bits per heavy atom. The highest BCUT2D eigenvalue weighted by Crippen LogP contribution is 2.53. The monoisotopic (exact) mass is 602 g/mol. The average Bonchev–Trinajstić information content (AvgIpc) is 2.93. The number of amides is 2. The van der Waals surface area contributed by atoms with E-state index in [1.807, 2.05) is 38.1 Å². The van der Waals surface area contributed by atoms with Crippen LogP contribution >= 0.6 is 0 Å². The molecule has 2 fully saturated rings. The number of hydrogen-bond acceptors (Lipinski definition) is 8. The number of carbonyl (C=O) groups is 6. The van der Waals surface area contributed by atoms with Crippen molar-refractivity contribution in [1.82, 2.24) is 5.32 Å². The van der Waals surface area contributed by atoms with Gasteiger partial charge in [-0.3, -0.25) is 28.8 Å². The van der Waals surface area contributed by atoms with Crippen LogP contribution in [0.4, 0.5) is 0 Å². The number of phenols is 1. The number of aromatic hydroxyl groups is 1. The van der Waals surface area contributed by atoms with Crippen molar-refractivity contribution in [3.05, 3.63) is 53.1 Å². The highest BCUT2D eigenvalue weighted by atomic mass is 16.3. The van der Waals surface area contributed by atoms with Crippen LogP contribution in [-0.4, -0.2) is 50.8 Å². The Bertz CT molecular complexity index is 1580. The lowest BCUT2D eigenvalue weighted by Crippen LogP contribution is -2.71. The minimum Gasteiger partial charge on any atom is -0.507 e. The second-order valence-electron chi connectivity index (χ2n) is 13.2. The summed E-state index contributed by atoms with van der Waals surface area (Å²) in [6.45, 7) is 7.73. The number of benzene rings is 2. The van der Waals surface area contributed by atoms with Crippen LogP contribution in [0, 0.1) is 41.4 Å². The minimum atomic E-state index is -2.72. The molecule has 0 spiro atoms. The Kier molecular flexibility index (Phi) is 8.09. The van der Waals surface area contributed by atoms with Crippen molar-refractivity contribution >= 4 is 34.9 Å². The van der Waals surface area contributed by atoms with Crippen LogP contribution in [0.5, 0.6) is 5.75 Å². The molecule has 0 saturated heterocycles. The summed E-state index contributed by atoms with van der Waals surface area (Å²) >= 11 is 0. The summed E-state index contributed by atoms with van der Waals surface area (Å²) in [5.41, 5.74) is 5.48. The lowest BCUT2D eigenvalue weighted by atomic mass is 9.49. The van der Waals surface area contributed by atoms with Crippen molar-refractivity contribution in [1.29, 1.82) is 0 Å². The smallest absolute Gasteiger partial charge is 0.235 e. The van der Waals surface area contributed by atoms with Gasteiger partial charge in [0.25, 0.3) is 0 Å². The molecule has 0 aliphatic heterocycles. The molecule has 6 atom stereocenters. The summed E-state index contributed by atoms with van der Waals surface area (Å²) in [7, 11) is 0. The van der Waals surface area contributed by atoms with Crippen LogP contribution in [-0.2, 0) is 36.9 Å². The van der Waals surface area contributed by atoms with E-state index in [-0.39, 0.29) is 36.0 Å². The molecule has 44 heavy (non-hydrogen) atoms. The van der Waals surface area contributed by atoms with Crippen molar-refractivity contribution in [3.63, 3.8) is 0 Å². The molecule has 2 unspecified atom stereocenters. The number of ketones is 4.